The van der Waals surface area contributed by atoms with Gasteiger partial charge in [-0.2, -0.15) is 5.10 Å². The minimum Gasteiger partial charge on any atom is -0.388 e. The molecule has 6 heteroatoms. The van der Waals surface area contributed by atoms with Gasteiger partial charge >= 0.3 is 0 Å². The third kappa shape index (κ3) is 3.08. The Morgan fingerprint density at radius 1 is 1.37 bits per heavy atom. The number of aryl methyl sites for hydroxylation is 2. The van der Waals surface area contributed by atoms with Gasteiger partial charge in [-0.1, -0.05) is 23.2 Å². The smallest absolute Gasteiger partial charge is 0.125 e. The van der Waals surface area contributed by atoms with Crippen molar-refractivity contribution >= 4 is 23.2 Å². The maximum Gasteiger partial charge on any atom is 0.125 e. The molecule has 2 rings (SSSR count). The molecule has 3 nitrogen and oxygen atoms in total. The van der Waals surface area contributed by atoms with Crippen molar-refractivity contribution in [3.63, 3.8) is 0 Å². The number of halogens is 3. The summed E-state index contributed by atoms with van der Waals surface area (Å²) in [6.07, 6.45) is -0.642. The van der Waals surface area contributed by atoms with Crippen LogP contribution in [-0.2, 0) is 13.5 Å². The highest BCUT2D eigenvalue weighted by atomic mass is 35.5. The van der Waals surface area contributed by atoms with Crippen LogP contribution >= 0.6 is 23.2 Å². The van der Waals surface area contributed by atoms with Gasteiger partial charge in [0.25, 0.3) is 0 Å². The first-order chi connectivity index (χ1) is 8.88. The molecule has 0 aliphatic carbocycles. The lowest BCUT2D eigenvalue weighted by molar-refractivity contribution is 0.175. The molecule has 0 saturated carbocycles. The molecule has 102 valence electrons. The topological polar surface area (TPSA) is 38.0 Å². The minimum absolute atomic E-state index is 0.246. The van der Waals surface area contributed by atoms with Gasteiger partial charge in [0.2, 0.25) is 0 Å². The van der Waals surface area contributed by atoms with E-state index in [4.69, 9.17) is 23.2 Å². The summed E-state index contributed by atoms with van der Waals surface area (Å²) >= 11 is 11.9. The van der Waals surface area contributed by atoms with E-state index in [2.05, 4.69) is 5.10 Å². The van der Waals surface area contributed by atoms with Crippen molar-refractivity contribution in [3.05, 3.63) is 51.0 Å². The van der Waals surface area contributed by atoms with Gasteiger partial charge in [0, 0.05) is 18.5 Å². The van der Waals surface area contributed by atoms with E-state index in [1.165, 1.54) is 18.2 Å². The Kier molecular flexibility index (Phi) is 4.13. The van der Waals surface area contributed by atoms with Crippen molar-refractivity contribution in [2.75, 3.05) is 0 Å². The van der Waals surface area contributed by atoms with E-state index in [-0.39, 0.29) is 11.4 Å². The highest BCUT2D eigenvalue weighted by molar-refractivity contribution is 6.32. The SMILES string of the molecule is Cc1nn(C)c(CC(O)c2cc(F)cc(Cl)c2)c1Cl. The maximum absolute atomic E-state index is 13.3. The van der Waals surface area contributed by atoms with Crippen molar-refractivity contribution in [1.82, 2.24) is 9.78 Å². The average Bonchev–Trinajstić information content (AvgIpc) is 2.54. The van der Waals surface area contributed by atoms with Gasteiger partial charge in [-0.15, -0.1) is 0 Å². The molecule has 1 aromatic carbocycles. The summed E-state index contributed by atoms with van der Waals surface area (Å²) in [5.41, 5.74) is 1.82. The molecule has 0 spiro atoms. The van der Waals surface area contributed by atoms with Crippen LogP contribution in [0.15, 0.2) is 18.2 Å². The largest absolute Gasteiger partial charge is 0.388 e. The fourth-order valence-electron chi connectivity index (χ4n) is 1.97. The number of benzene rings is 1. The minimum atomic E-state index is -0.888. The highest BCUT2D eigenvalue weighted by Gasteiger charge is 2.17. The van der Waals surface area contributed by atoms with Crippen LogP contribution in [-0.4, -0.2) is 14.9 Å². The van der Waals surface area contributed by atoms with E-state index in [9.17, 15) is 9.50 Å². The summed E-state index contributed by atoms with van der Waals surface area (Å²) in [5.74, 6) is -0.478. The molecule has 0 aliphatic rings. The third-order valence-corrected chi connectivity index (χ3v) is 3.63. The van der Waals surface area contributed by atoms with Crippen LogP contribution < -0.4 is 0 Å². The predicted octanol–water partition coefficient (Wildman–Crippen LogP) is 3.45. The summed E-state index contributed by atoms with van der Waals surface area (Å²) in [7, 11) is 1.75. The second-order valence-corrected chi connectivity index (χ2v) is 5.21. The lowest BCUT2D eigenvalue weighted by Crippen LogP contribution is -2.07. The molecule has 0 bridgehead atoms. The van der Waals surface area contributed by atoms with E-state index in [1.54, 1.807) is 18.7 Å². The summed E-state index contributed by atoms with van der Waals surface area (Å²) in [4.78, 5) is 0. The van der Waals surface area contributed by atoms with Crippen molar-refractivity contribution in [2.45, 2.75) is 19.4 Å². The maximum atomic E-state index is 13.3. The average molecular weight is 303 g/mol. The van der Waals surface area contributed by atoms with Crippen molar-refractivity contribution < 1.29 is 9.50 Å². The summed E-state index contributed by atoms with van der Waals surface area (Å²) in [5, 5.41) is 15.1. The molecule has 0 amide bonds. The first-order valence-electron chi connectivity index (χ1n) is 5.70. The zero-order valence-electron chi connectivity index (χ0n) is 10.5. The molecule has 19 heavy (non-hydrogen) atoms. The first-order valence-corrected chi connectivity index (χ1v) is 6.46. The van der Waals surface area contributed by atoms with Crippen LogP contribution in [0.3, 0.4) is 0 Å². The van der Waals surface area contributed by atoms with Crippen LogP contribution in [0.25, 0.3) is 0 Å². The monoisotopic (exact) mass is 302 g/mol. The van der Waals surface area contributed by atoms with Crippen molar-refractivity contribution in [3.8, 4) is 0 Å². The van der Waals surface area contributed by atoms with Crippen LogP contribution in [0.1, 0.15) is 23.1 Å². The van der Waals surface area contributed by atoms with E-state index in [1.807, 2.05) is 0 Å². The lowest BCUT2D eigenvalue weighted by Gasteiger charge is -2.12. The number of rotatable bonds is 3. The predicted molar refractivity (Wildman–Crippen MR) is 73.0 cm³/mol. The van der Waals surface area contributed by atoms with E-state index < -0.39 is 11.9 Å². The van der Waals surface area contributed by atoms with Crippen LogP contribution in [0.4, 0.5) is 4.39 Å². The molecule has 1 unspecified atom stereocenters. The van der Waals surface area contributed by atoms with E-state index >= 15 is 0 Å². The van der Waals surface area contributed by atoms with Gasteiger partial charge < -0.3 is 5.11 Å². The molecule has 1 N–H and O–H groups in total. The molecule has 0 fully saturated rings. The molecule has 0 aliphatic heterocycles. The van der Waals surface area contributed by atoms with Crippen molar-refractivity contribution in [1.29, 1.82) is 0 Å². The quantitative estimate of drug-likeness (QED) is 0.943. The zero-order valence-corrected chi connectivity index (χ0v) is 12.0. The first kappa shape index (κ1) is 14.3. The number of hydrogen-bond donors (Lipinski definition) is 1. The Morgan fingerprint density at radius 3 is 2.58 bits per heavy atom. The van der Waals surface area contributed by atoms with Gasteiger partial charge in [0.05, 0.1) is 22.5 Å². The Balaban J connectivity index is 2.27. The molecule has 0 radical (unpaired) electrons. The normalized spacial score (nSPS) is 12.7. The number of aliphatic hydroxyl groups excluding tert-OH is 1. The van der Waals surface area contributed by atoms with Crippen LogP contribution in [0.5, 0.6) is 0 Å². The Labute approximate surface area is 120 Å². The van der Waals surface area contributed by atoms with E-state index in [0.717, 1.165) is 0 Å². The Morgan fingerprint density at radius 2 is 2.05 bits per heavy atom. The lowest BCUT2D eigenvalue weighted by atomic mass is 10.0. The van der Waals surface area contributed by atoms with Gasteiger partial charge in [0.1, 0.15) is 5.82 Å². The number of nitrogens with zero attached hydrogens (tertiary/aromatic N) is 2. The molecule has 2 aromatic rings. The Hall–Kier alpha value is -1.10. The van der Waals surface area contributed by atoms with E-state index in [0.29, 0.717) is 22.0 Å². The van der Waals surface area contributed by atoms with Crippen LogP contribution in [0, 0.1) is 12.7 Å². The van der Waals surface area contributed by atoms with Gasteiger partial charge in [0.15, 0.2) is 0 Å². The number of hydrogen-bond acceptors (Lipinski definition) is 2. The highest BCUT2D eigenvalue weighted by Crippen LogP contribution is 2.27. The fourth-order valence-corrected chi connectivity index (χ4v) is 2.44. The molecule has 1 atom stereocenters. The number of aromatic nitrogens is 2. The summed E-state index contributed by atoms with van der Waals surface area (Å²) < 4.78 is 14.9. The summed E-state index contributed by atoms with van der Waals surface area (Å²) in [6, 6.07) is 3.99. The molecule has 1 aromatic heterocycles. The fraction of sp³-hybridized carbons (Fsp3) is 0.308. The van der Waals surface area contributed by atoms with Crippen molar-refractivity contribution in [2.24, 2.45) is 7.05 Å². The summed E-state index contributed by atoms with van der Waals surface area (Å²) in [6.45, 7) is 1.79. The third-order valence-electron chi connectivity index (χ3n) is 2.92. The van der Waals surface area contributed by atoms with Crippen LogP contribution in [0.2, 0.25) is 10.0 Å². The zero-order chi connectivity index (χ0) is 14.2. The van der Waals surface area contributed by atoms with Gasteiger partial charge in [-0.3, -0.25) is 4.68 Å². The molecule has 0 saturated heterocycles. The second-order valence-electron chi connectivity index (χ2n) is 4.39. The Bertz CT molecular complexity index is 593. The molecular weight excluding hydrogens is 290 g/mol. The second kappa shape index (κ2) is 5.49. The number of aliphatic hydroxyl groups is 1. The molecular formula is C13H13Cl2FN2O. The van der Waals surface area contributed by atoms with Gasteiger partial charge in [-0.05, 0) is 30.7 Å². The van der Waals surface area contributed by atoms with Gasteiger partial charge in [-0.25, -0.2) is 4.39 Å². The molecule has 1 heterocycles. The standard InChI is InChI=1S/C13H13Cl2FN2O/c1-7-13(15)11(18(2)17-7)6-12(19)8-3-9(14)5-10(16)4-8/h3-5,12,19H,6H2,1-2H3.